The Labute approximate surface area is 176 Å². The SMILES string of the molecule is CCOC(=O)CN(Cn1nc(-c2cc(C)ccc2C)c2ccccc2c1=O)C1CC1. The standard InChI is InChI=1S/C24H27N3O3/c1-4-30-22(28)14-26(18-11-12-18)15-27-24(29)20-8-6-5-7-19(20)23(25-27)21-13-16(2)9-10-17(21)3/h5-10,13,18H,4,11-12,14-15H2,1-3H3. The van der Waals surface area contributed by atoms with Crippen molar-refractivity contribution in [2.24, 2.45) is 0 Å². The molecule has 0 bridgehead atoms. The molecule has 1 heterocycles. The number of benzene rings is 2. The summed E-state index contributed by atoms with van der Waals surface area (Å²) in [4.78, 5) is 27.3. The van der Waals surface area contributed by atoms with Gasteiger partial charge in [-0.15, -0.1) is 0 Å². The van der Waals surface area contributed by atoms with Crippen LogP contribution in [-0.4, -0.2) is 39.8 Å². The molecule has 0 unspecified atom stereocenters. The van der Waals surface area contributed by atoms with Crippen LogP contribution in [0.2, 0.25) is 0 Å². The van der Waals surface area contributed by atoms with Crippen molar-refractivity contribution < 1.29 is 9.53 Å². The first-order valence-corrected chi connectivity index (χ1v) is 10.4. The third-order valence-electron chi connectivity index (χ3n) is 5.53. The predicted octanol–water partition coefficient (Wildman–Crippen LogP) is 3.67. The number of aromatic nitrogens is 2. The Morgan fingerprint density at radius 2 is 1.90 bits per heavy atom. The Morgan fingerprint density at radius 3 is 2.60 bits per heavy atom. The molecule has 0 radical (unpaired) electrons. The number of aryl methyl sites for hydroxylation is 2. The van der Waals surface area contributed by atoms with Gasteiger partial charge in [-0.25, -0.2) is 4.68 Å². The highest BCUT2D eigenvalue weighted by Crippen LogP contribution is 2.30. The lowest BCUT2D eigenvalue weighted by Crippen LogP contribution is -2.39. The molecule has 0 atom stereocenters. The molecule has 0 aliphatic heterocycles. The summed E-state index contributed by atoms with van der Waals surface area (Å²) in [7, 11) is 0. The van der Waals surface area contributed by atoms with Crippen LogP contribution in [0.5, 0.6) is 0 Å². The van der Waals surface area contributed by atoms with Gasteiger partial charge in [-0.2, -0.15) is 5.10 Å². The van der Waals surface area contributed by atoms with Gasteiger partial charge in [0.15, 0.2) is 0 Å². The van der Waals surface area contributed by atoms with Crippen molar-refractivity contribution in [3.8, 4) is 11.3 Å². The second-order valence-electron chi connectivity index (χ2n) is 7.94. The van der Waals surface area contributed by atoms with Crippen molar-refractivity contribution >= 4 is 16.7 Å². The van der Waals surface area contributed by atoms with Gasteiger partial charge in [0, 0.05) is 17.0 Å². The van der Waals surface area contributed by atoms with E-state index in [1.54, 1.807) is 6.92 Å². The predicted molar refractivity (Wildman–Crippen MR) is 117 cm³/mol. The fourth-order valence-electron chi connectivity index (χ4n) is 3.80. The minimum Gasteiger partial charge on any atom is -0.465 e. The molecular weight excluding hydrogens is 378 g/mol. The van der Waals surface area contributed by atoms with E-state index >= 15 is 0 Å². The zero-order valence-electron chi connectivity index (χ0n) is 17.7. The van der Waals surface area contributed by atoms with E-state index in [1.807, 2.05) is 29.2 Å². The van der Waals surface area contributed by atoms with E-state index in [0.717, 1.165) is 40.6 Å². The average molecular weight is 405 g/mol. The van der Waals surface area contributed by atoms with E-state index in [9.17, 15) is 9.59 Å². The van der Waals surface area contributed by atoms with Gasteiger partial charge < -0.3 is 4.74 Å². The molecule has 6 nitrogen and oxygen atoms in total. The molecule has 1 fully saturated rings. The van der Waals surface area contributed by atoms with Crippen LogP contribution in [0.1, 0.15) is 30.9 Å². The number of esters is 1. The Kier molecular flexibility index (Phi) is 5.68. The van der Waals surface area contributed by atoms with E-state index in [4.69, 9.17) is 9.84 Å². The monoisotopic (exact) mass is 405 g/mol. The molecule has 0 N–H and O–H groups in total. The first kappa shape index (κ1) is 20.3. The Morgan fingerprint density at radius 1 is 1.17 bits per heavy atom. The summed E-state index contributed by atoms with van der Waals surface area (Å²) in [6.07, 6.45) is 2.04. The van der Waals surface area contributed by atoms with Crippen molar-refractivity contribution in [2.45, 2.75) is 46.3 Å². The molecule has 0 spiro atoms. The van der Waals surface area contributed by atoms with Crippen molar-refractivity contribution in [3.63, 3.8) is 0 Å². The molecule has 0 amide bonds. The molecule has 3 aromatic rings. The summed E-state index contributed by atoms with van der Waals surface area (Å²) >= 11 is 0. The molecule has 1 aliphatic rings. The fraction of sp³-hybridized carbons (Fsp3) is 0.375. The van der Waals surface area contributed by atoms with Crippen LogP contribution in [0.15, 0.2) is 47.3 Å². The second-order valence-corrected chi connectivity index (χ2v) is 7.94. The van der Waals surface area contributed by atoms with Crippen LogP contribution < -0.4 is 5.56 Å². The molecule has 0 saturated heterocycles. The molecule has 1 aromatic heterocycles. The Balaban J connectivity index is 1.80. The van der Waals surface area contributed by atoms with Crippen molar-refractivity contribution in [3.05, 3.63) is 63.9 Å². The van der Waals surface area contributed by atoms with Crippen LogP contribution in [0.25, 0.3) is 22.0 Å². The summed E-state index contributed by atoms with van der Waals surface area (Å²) in [5.41, 5.74) is 3.91. The van der Waals surface area contributed by atoms with Gasteiger partial charge in [0.25, 0.3) is 5.56 Å². The van der Waals surface area contributed by atoms with Crippen LogP contribution in [0.4, 0.5) is 0 Å². The number of fused-ring (bicyclic) bond motifs is 1. The number of carbonyl (C=O) groups excluding carboxylic acids is 1. The molecule has 6 heteroatoms. The van der Waals surface area contributed by atoms with Gasteiger partial charge in [-0.1, -0.05) is 35.9 Å². The minimum atomic E-state index is -0.270. The number of carbonyl (C=O) groups is 1. The van der Waals surface area contributed by atoms with Crippen LogP contribution >= 0.6 is 0 Å². The van der Waals surface area contributed by atoms with Crippen molar-refractivity contribution in [2.75, 3.05) is 13.2 Å². The molecule has 1 aliphatic carbocycles. The third-order valence-corrected chi connectivity index (χ3v) is 5.53. The van der Waals surface area contributed by atoms with Gasteiger partial charge in [0.1, 0.15) is 0 Å². The quantitative estimate of drug-likeness (QED) is 0.561. The lowest BCUT2D eigenvalue weighted by atomic mass is 9.99. The summed E-state index contributed by atoms with van der Waals surface area (Å²) in [5, 5.41) is 6.26. The van der Waals surface area contributed by atoms with E-state index in [0.29, 0.717) is 18.0 Å². The smallest absolute Gasteiger partial charge is 0.320 e. The maximum Gasteiger partial charge on any atom is 0.320 e. The Bertz CT molecular complexity index is 1150. The second kappa shape index (κ2) is 8.40. The number of hydrogen-bond donors (Lipinski definition) is 0. The largest absolute Gasteiger partial charge is 0.465 e. The van der Waals surface area contributed by atoms with Crippen LogP contribution in [0, 0.1) is 13.8 Å². The van der Waals surface area contributed by atoms with Gasteiger partial charge in [0.05, 0.1) is 30.9 Å². The van der Waals surface area contributed by atoms with Crippen molar-refractivity contribution in [1.82, 2.24) is 14.7 Å². The topological polar surface area (TPSA) is 64.4 Å². The fourth-order valence-corrected chi connectivity index (χ4v) is 3.80. The maximum absolute atomic E-state index is 13.2. The van der Waals surface area contributed by atoms with E-state index in [1.165, 1.54) is 4.68 Å². The molecule has 156 valence electrons. The van der Waals surface area contributed by atoms with Gasteiger partial charge in [0.2, 0.25) is 0 Å². The molecule has 30 heavy (non-hydrogen) atoms. The first-order valence-electron chi connectivity index (χ1n) is 10.4. The van der Waals surface area contributed by atoms with Gasteiger partial charge in [-0.05, 0) is 51.3 Å². The summed E-state index contributed by atoms with van der Waals surface area (Å²) < 4.78 is 6.62. The highest BCUT2D eigenvalue weighted by molar-refractivity contribution is 5.94. The first-order chi connectivity index (χ1) is 14.5. The molecular formula is C24H27N3O3. The number of nitrogens with zero attached hydrogens (tertiary/aromatic N) is 3. The maximum atomic E-state index is 13.2. The summed E-state index contributed by atoms with van der Waals surface area (Å²) in [6.45, 7) is 6.68. The zero-order chi connectivity index (χ0) is 21.3. The number of rotatable bonds is 7. The minimum absolute atomic E-state index is 0.144. The number of ether oxygens (including phenoxy) is 1. The summed E-state index contributed by atoms with van der Waals surface area (Å²) in [5.74, 6) is -0.270. The average Bonchev–Trinajstić information content (AvgIpc) is 3.57. The van der Waals surface area contributed by atoms with Crippen LogP contribution in [0.3, 0.4) is 0 Å². The highest BCUT2D eigenvalue weighted by atomic mass is 16.5. The number of hydrogen-bond acceptors (Lipinski definition) is 5. The van der Waals surface area contributed by atoms with Crippen LogP contribution in [-0.2, 0) is 16.2 Å². The molecule has 4 rings (SSSR count). The Hall–Kier alpha value is -2.99. The van der Waals surface area contributed by atoms with E-state index in [2.05, 4.69) is 32.0 Å². The van der Waals surface area contributed by atoms with E-state index in [-0.39, 0.29) is 24.7 Å². The van der Waals surface area contributed by atoms with Crippen molar-refractivity contribution in [1.29, 1.82) is 0 Å². The van der Waals surface area contributed by atoms with E-state index < -0.39 is 0 Å². The van der Waals surface area contributed by atoms with Gasteiger partial charge in [-0.3, -0.25) is 14.5 Å². The zero-order valence-corrected chi connectivity index (χ0v) is 17.7. The highest BCUT2D eigenvalue weighted by Gasteiger charge is 2.31. The third kappa shape index (κ3) is 4.14. The van der Waals surface area contributed by atoms with Gasteiger partial charge >= 0.3 is 5.97 Å². The molecule has 1 saturated carbocycles. The summed E-state index contributed by atoms with van der Waals surface area (Å²) in [6, 6.07) is 14.1. The molecule has 2 aromatic carbocycles. The lowest BCUT2D eigenvalue weighted by Gasteiger charge is -2.22. The normalized spacial score (nSPS) is 13.7. The lowest BCUT2D eigenvalue weighted by molar-refractivity contribution is -0.145.